The highest BCUT2D eigenvalue weighted by atomic mass is 35.5. The first kappa shape index (κ1) is 17.6. The molecule has 3 rings (SSSR count). The van der Waals surface area contributed by atoms with E-state index in [2.05, 4.69) is 5.32 Å². The van der Waals surface area contributed by atoms with Crippen LogP contribution in [-0.2, 0) is 11.2 Å². The molecule has 2 aromatic rings. The Morgan fingerprint density at radius 2 is 2.00 bits per heavy atom. The second-order valence-electron chi connectivity index (χ2n) is 5.99. The number of hydrogen-bond donors (Lipinski definition) is 2. The zero-order valence-electron chi connectivity index (χ0n) is 14.1. The van der Waals surface area contributed by atoms with E-state index in [0.29, 0.717) is 46.0 Å². The van der Waals surface area contributed by atoms with E-state index in [4.69, 9.17) is 16.3 Å². The molecule has 0 saturated carbocycles. The van der Waals surface area contributed by atoms with Crippen molar-refractivity contribution in [2.24, 2.45) is 0 Å². The molecule has 1 fully saturated rings. The van der Waals surface area contributed by atoms with Crippen LogP contribution in [0.25, 0.3) is 10.9 Å². The standard InChI is InChI=1S/C17H20ClN3O4/c1-10-11(8-16(22)23)12-7-15(25-2)13(18)9-14(12)21(10)17(24)20-5-3-19-4-6-20/h7,9,19H,3-6,8H2,1-2H3,(H,22,23). The van der Waals surface area contributed by atoms with E-state index >= 15 is 0 Å². The summed E-state index contributed by atoms with van der Waals surface area (Å²) in [6.07, 6.45) is -0.172. The lowest BCUT2D eigenvalue weighted by molar-refractivity contribution is -0.136. The zero-order chi connectivity index (χ0) is 18.1. The Labute approximate surface area is 150 Å². The smallest absolute Gasteiger partial charge is 0.328 e. The van der Waals surface area contributed by atoms with Crippen LogP contribution >= 0.6 is 11.6 Å². The molecule has 7 nitrogen and oxygen atoms in total. The van der Waals surface area contributed by atoms with Gasteiger partial charge in [-0.1, -0.05) is 11.6 Å². The van der Waals surface area contributed by atoms with Crippen molar-refractivity contribution < 1.29 is 19.4 Å². The van der Waals surface area contributed by atoms with Crippen molar-refractivity contribution in [3.05, 3.63) is 28.4 Å². The van der Waals surface area contributed by atoms with Gasteiger partial charge in [0, 0.05) is 37.3 Å². The Bertz CT molecular complexity index is 840. The molecule has 1 aromatic carbocycles. The van der Waals surface area contributed by atoms with E-state index in [1.54, 1.807) is 28.5 Å². The van der Waals surface area contributed by atoms with Crippen LogP contribution in [0.5, 0.6) is 5.75 Å². The molecule has 0 atom stereocenters. The molecule has 134 valence electrons. The summed E-state index contributed by atoms with van der Waals surface area (Å²) in [7, 11) is 1.50. The zero-order valence-corrected chi connectivity index (χ0v) is 14.9. The molecule has 1 amide bonds. The minimum Gasteiger partial charge on any atom is -0.495 e. The van der Waals surface area contributed by atoms with Crippen LogP contribution in [0.1, 0.15) is 11.3 Å². The molecular formula is C17H20ClN3O4. The number of carboxylic acids is 1. The van der Waals surface area contributed by atoms with Gasteiger partial charge < -0.3 is 20.1 Å². The molecule has 0 aliphatic carbocycles. The number of hydrogen-bond acceptors (Lipinski definition) is 4. The number of carbonyl (C=O) groups is 2. The van der Waals surface area contributed by atoms with Gasteiger partial charge in [0.25, 0.3) is 0 Å². The van der Waals surface area contributed by atoms with Crippen molar-refractivity contribution in [2.45, 2.75) is 13.3 Å². The van der Waals surface area contributed by atoms with Crippen LogP contribution < -0.4 is 10.1 Å². The van der Waals surface area contributed by atoms with Crippen molar-refractivity contribution in [2.75, 3.05) is 33.3 Å². The first-order valence-corrected chi connectivity index (χ1v) is 8.41. The predicted molar refractivity (Wildman–Crippen MR) is 94.8 cm³/mol. The maximum atomic E-state index is 13.0. The van der Waals surface area contributed by atoms with Crippen LogP contribution in [-0.4, -0.2) is 59.9 Å². The van der Waals surface area contributed by atoms with Crippen molar-refractivity contribution in [1.29, 1.82) is 0 Å². The molecule has 0 unspecified atom stereocenters. The fourth-order valence-corrected chi connectivity index (χ4v) is 3.49. The molecule has 0 spiro atoms. The first-order chi connectivity index (χ1) is 11.9. The van der Waals surface area contributed by atoms with Gasteiger partial charge in [0.1, 0.15) is 5.75 Å². The van der Waals surface area contributed by atoms with Crippen molar-refractivity contribution >= 4 is 34.5 Å². The Hall–Kier alpha value is -2.25. The maximum absolute atomic E-state index is 13.0. The Balaban J connectivity index is 2.19. The van der Waals surface area contributed by atoms with Crippen LogP contribution in [0.4, 0.5) is 4.79 Å². The highest BCUT2D eigenvalue weighted by Crippen LogP contribution is 2.35. The maximum Gasteiger partial charge on any atom is 0.328 e. The number of halogens is 1. The number of fused-ring (bicyclic) bond motifs is 1. The fraction of sp³-hybridized carbons (Fsp3) is 0.412. The van der Waals surface area contributed by atoms with Gasteiger partial charge in [-0.15, -0.1) is 0 Å². The monoisotopic (exact) mass is 365 g/mol. The fourth-order valence-electron chi connectivity index (χ4n) is 3.25. The number of benzene rings is 1. The van der Waals surface area contributed by atoms with Gasteiger partial charge in [0.2, 0.25) is 0 Å². The van der Waals surface area contributed by atoms with E-state index in [9.17, 15) is 14.7 Å². The number of nitrogens with zero attached hydrogens (tertiary/aromatic N) is 2. The number of aromatic nitrogens is 1. The van der Waals surface area contributed by atoms with Gasteiger partial charge in [-0.2, -0.15) is 0 Å². The summed E-state index contributed by atoms with van der Waals surface area (Å²) in [5.41, 5.74) is 1.81. The topological polar surface area (TPSA) is 83.8 Å². The molecule has 2 N–H and O–H groups in total. The lowest BCUT2D eigenvalue weighted by Gasteiger charge is -2.28. The van der Waals surface area contributed by atoms with Gasteiger partial charge in [-0.3, -0.25) is 9.36 Å². The quantitative estimate of drug-likeness (QED) is 0.870. The second kappa shape index (κ2) is 6.93. The summed E-state index contributed by atoms with van der Waals surface area (Å²) in [4.78, 5) is 26.1. The van der Waals surface area contributed by atoms with Gasteiger partial charge >= 0.3 is 12.0 Å². The summed E-state index contributed by atoms with van der Waals surface area (Å²) in [6, 6.07) is 3.19. The molecule has 1 aliphatic heterocycles. The van der Waals surface area contributed by atoms with Gasteiger partial charge in [-0.05, 0) is 24.6 Å². The third kappa shape index (κ3) is 3.17. The second-order valence-corrected chi connectivity index (χ2v) is 6.40. The first-order valence-electron chi connectivity index (χ1n) is 8.03. The number of carboxylic acid groups (broad SMARTS) is 1. The number of piperazine rings is 1. The lowest BCUT2D eigenvalue weighted by atomic mass is 10.1. The van der Waals surface area contributed by atoms with E-state index in [1.165, 1.54) is 7.11 Å². The van der Waals surface area contributed by atoms with E-state index < -0.39 is 5.97 Å². The minimum absolute atomic E-state index is 0.165. The average molecular weight is 366 g/mol. The minimum atomic E-state index is -0.953. The summed E-state index contributed by atoms with van der Waals surface area (Å²) in [6.45, 7) is 4.45. The van der Waals surface area contributed by atoms with Gasteiger partial charge in [-0.25, -0.2) is 4.79 Å². The van der Waals surface area contributed by atoms with Crippen molar-refractivity contribution in [3.63, 3.8) is 0 Å². The summed E-state index contributed by atoms with van der Waals surface area (Å²) < 4.78 is 6.81. The van der Waals surface area contributed by atoms with Gasteiger partial charge in [0.05, 0.1) is 24.1 Å². The number of amides is 1. The van der Waals surface area contributed by atoms with Crippen LogP contribution in [0.15, 0.2) is 12.1 Å². The third-order valence-corrected chi connectivity index (χ3v) is 4.81. The molecule has 8 heteroatoms. The van der Waals surface area contributed by atoms with Crippen molar-refractivity contribution in [1.82, 2.24) is 14.8 Å². The molecule has 2 heterocycles. The average Bonchev–Trinajstić information content (AvgIpc) is 2.85. The van der Waals surface area contributed by atoms with E-state index in [1.807, 2.05) is 0 Å². The summed E-state index contributed by atoms with van der Waals surface area (Å²) in [5.74, 6) is -0.502. The van der Waals surface area contributed by atoms with Crippen molar-refractivity contribution in [3.8, 4) is 5.75 Å². The summed E-state index contributed by atoms with van der Waals surface area (Å²) in [5, 5.41) is 13.5. The number of aliphatic carboxylic acids is 1. The molecule has 1 aliphatic rings. The van der Waals surface area contributed by atoms with E-state index in [-0.39, 0.29) is 12.5 Å². The predicted octanol–water partition coefficient (Wildman–Crippen LogP) is 2.11. The molecule has 1 aromatic heterocycles. The normalized spacial score (nSPS) is 14.8. The SMILES string of the molecule is COc1cc2c(CC(=O)O)c(C)n(C(=O)N3CCNCC3)c2cc1Cl. The number of ether oxygens (including phenoxy) is 1. The Morgan fingerprint density at radius 1 is 1.32 bits per heavy atom. The highest BCUT2D eigenvalue weighted by molar-refractivity contribution is 6.33. The molecule has 0 bridgehead atoms. The molecule has 1 saturated heterocycles. The number of carbonyl (C=O) groups excluding carboxylic acids is 1. The summed E-state index contributed by atoms with van der Waals surface area (Å²) >= 11 is 6.24. The highest BCUT2D eigenvalue weighted by Gasteiger charge is 2.25. The Morgan fingerprint density at radius 3 is 2.60 bits per heavy atom. The van der Waals surface area contributed by atoms with Crippen LogP contribution in [0.3, 0.4) is 0 Å². The number of methoxy groups -OCH3 is 1. The van der Waals surface area contributed by atoms with Crippen LogP contribution in [0, 0.1) is 6.92 Å². The van der Waals surface area contributed by atoms with Crippen LogP contribution in [0.2, 0.25) is 5.02 Å². The molecule has 0 radical (unpaired) electrons. The van der Waals surface area contributed by atoms with E-state index in [0.717, 1.165) is 13.1 Å². The number of nitrogens with one attached hydrogen (secondary N) is 1. The van der Waals surface area contributed by atoms with Gasteiger partial charge in [0.15, 0.2) is 0 Å². The number of rotatable bonds is 3. The molecular weight excluding hydrogens is 346 g/mol. The Kier molecular flexibility index (Phi) is 4.87. The largest absolute Gasteiger partial charge is 0.495 e. The molecule has 25 heavy (non-hydrogen) atoms. The third-order valence-electron chi connectivity index (χ3n) is 4.52. The lowest BCUT2D eigenvalue weighted by Crippen LogP contribution is -2.48.